The molecule has 9 heteroatoms. The fourth-order valence-electron chi connectivity index (χ4n) is 4.72. The fraction of sp³-hybridized carbons (Fsp3) is 0.464. The minimum Gasteiger partial charge on any atom is -0.379 e. The summed E-state index contributed by atoms with van der Waals surface area (Å²) in [4.78, 5) is 14.0. The van der Waals surface area contributed by atoms with Crippen molar-refractivity contribution in [1.29, 1.82) is 0 Å². The van der Waals surface area contributed by atoms with Crippen LogP contribution in [0.1, 0.15) is 57.4 Å². The first-order chi connectivity index (χ1) is 17.6. The molecule has 2 N–H and O–H groups in total. The maximum Gasteiger partial charge on any atom is 0.439 e. The van der Waals surface area contributed by atoms with E-state index in [4.69, 9.17) is 4.74 Å². The smallest absolute Gasteiger partial charge is 0.379 e. The van der Waals surface area contributed by atoms with Crippen LogP contribution < -0.4 is 5.76 Å². The lowest BCUT2D eigenvalue weighted by Crippen LogP contribution is -2.46. The minimum absolute atomic E-state index is 0.393. The van der Waals surface area contributed by atoms with Crippen molar-refractivity contribution in [3.8, 4) is 22.5 Å². The summed E-state index contributed by atoms with van der Waals surface area (Å²) in [5.41, 5.74) is 1.14. The van der Waals surface area contributed by atoms with Crippen LogP contribution in [0.5, 0.6) is 0 Å². The Morgan fingerprint density at radius 3 is 2.51 bits per heavy atom. The number of nitrogens with one attached hydrogen (secondary N) is 1. The van der Waals surface area contributed by atoms with E-state index >= 15 is 0 Å². The number of hydrogen-bond donors (Lipinski definition) is 2. The summed E-state index contributed by atoms with van der Waals surface area (Å²) >= 11 is 0. The molecule has 3 aromatic rings. The molecule has 0 amide bonds. The molecule has 1 aliphatic carbocycles. The highest BCUT2D eigenvalue weighted by molar-refractivity contribution is 5.80. The van der Waals surface area contributed by atoms with Gasteiger partial charge in [0.25, 0.3) is 0 Å². The highest BCUT2D eigenvalue weighted by atomic mass is 19.4. The maximum atomic E-state index is 12.9. The molecule has 1 fully saturated rings. The van der Waals surface area contributed by atoms with E-state index in [0.29, 0.717) is 30.7 Å². The first-order valence-electron chi connectivity index (χ1n) is 12.6. The number of benzene rings is 2. The molecule has 37 heavy (non-hydrogen) atoms. The zero-order valence-corrected chi connectivity index (χ0v) is 20.8. The molecule has 0 aliphatic heterocycles. The molecule has 199 valence electrons. The predicted molar refractivity (Wildman–Crippen MR) is 133 cm³/mol. The highest BCUT2D eigenvalue weighted by Gasteiger charge is 2.50. The Bertz CT molecular complexity index is 1200. The van der Waals surface area contributed by atoms with Crippen LogP contribution >= 0.6 is 0 Å². The van der Waals surface area contributed by atoms with Crippen LogP contribution in [0.25, 0.3) is 22.5 Å². The third-order valence-electron chi connectivity index (χ3n) is 6.97. The fourth-order valence-corrected chi connectivity index (χ4v) is 4.72. The summed E-state index contributed by atoms with van der Waals surface area (Å²) < 4.78 is 48.6. The van der Waals surface area contributed by atoms with Crippen molar-refractivity contribution < 1.29 is 27.5 Å². The molecule has 4 rings (SSSR count). The number of aromatic nitrogens is 2. The summed E-state index contributed by atoms with van der Waals surface area (Å²) in [6, 6.07) is 16.0. The average Bonchev–Trinajstić information content (AvgIpc) is 3.31. The van der Waals surface area contributed by atoms with Crippen molar-refractivity contribution in [2.75, 3.05) is 6.61 Å². The summed E-state index contributed by atoms with van der Waals surface area (Å²) in [5, 5.41) is 13.4. The summed E-state index contributed by atoms with van der Waals surface area (Å²) in [6.45, 7) is -0.00650. The molecule has 1 heterocycles. The van der Waals surface area contributed by atoms with Crippen molar-refractivity contribution in [3.63, 3.8) is 0 Å². The van der Waals surface area contributed by atoms with Crippen LogP contribution in [0.3, 0.4) is 0 Å². The number of unbranched alkanes of at least 4 members (excludes halogenated alkanes) is 1. The molecule has 6 nitrogen and oxygen atoms in total. The van der Waals surface area contributed by atoms with Gasteiger partial charge < -0.3 is 9.84 Å². The Labute approximate surface area is 213 Å². The van der Waals surface area contributed by atoms with Crippen LogP contribution in [0.15, 0.2) is 57.8 Å². The van der Waals surface area contributed by atoms with Crippen molar-refractivity contribution in [3.05, 3.63) is 70.7 Å². The number of alkyl halides is 3. The third-order valence-corrected chi connectivity index (χ3v) is 6.97. The van der Waals surface area contributed by atoms with Gasteiger partial charge in [-0.15, -0.1) is 0 Å². The minimum atomic E-state index is -4.71. The molecule has 0 bridgehead atoms. The number of rotatable bonds is 10. The Balaban J connectivity index is 1.24. The molecule has 2 atom stereocenters. The molecule has 1 aliphatic rings. The van der Waals surface area contributed by atoms with Gasteiger partial charge in [0.1, 0.15) is 0 Å². The zero-order valence-electron chi connectivity index (χ0n) is 20.8. The highest BCUT2D eigenvalue weighted by Crippen LogP contribution is 2.37. The van der Waals surface area contributed by atoms with E-state index in [1.165, 1.54) is 5.56 Å². The second-order valence-electron chi connectivity index (χ2n) is 9.99. The van der Waals surface area contributed by atoms with Gasteiger partial charge in [0.05, 0.1) is 12.7 Å². The Morgan fingerprint density at radius 1 is 1.11 bits per heavy atom. The lowest BCUT2D eigenvalue weighted by atomic mass is 9.83. The lowest BCUT2D eigenvalue weighted by molar-refractivity contribution is -0.267. The van der Waals surface area contributed by atoms with Gasteiger partial charge in [0, 0.05) is 5.56 Å². The van der Waals surface area contributed by atoms with Crippen molar-refractivity contribution >= 4 is 0 Å². The topological polar surface area (TPSA) is 88.3 Å². The monoisotopic (exact) mass is 517 g/mol. The largest absolute Gasteiger partial charge is 0.439 e. The molecule has 1 radical (unpaired) electrons. The summed E-state index contributed by atoms with van der Waals surface area (Å²) in [6.07, 6.45) is 3.23. The number of hydrogen-bond acceptors (Lipinski definition) is 5. The van der Waals surface area contributed by atoms with Crippen LogP contribution in [0, 0.1) is 12.0 Å². The first-order valence-corrected chi connectivity index (χ1v) is 12.6. The van der Waals surface area contributed by atoms with E-state index in [0.717, 1.165) is 62.1 Å². The number of ether oxygens (including phenoxy) is 1. The maximum absolute atomic E-state index is 12.9. The van der Waals surface area contributed by atoms with E-state index in [-0.39, 0.29) is 0 Å². The second-order valence-corrected chi connectivity index (χ2v) is 9.99. The van der Waals surface area contributed by atoms with E-state index in [2.05, 4.69) is 38.9 Å². The number of aromatic amines is 1. The quantitative estimate of drug-likeness (QED) is 0.301. The van der Waals surface area contributed by atoms with Crippen LogP contribution in [-0.4, -0.2) is 33.6 Å². The lowest BCUT2D eigenvalue weighted by Gasteiger charge is -2.32. The van der Waals surface area contributed by atoms with Gasteiger partial charge in [-0.3, -0.25) is 9.51 Å². The average molecular weight is 518 g/mol. The number of H-pyrrole nitrogens is 1. The number of halogens is 3. The van der Waals surface area contributed by atoms with Gasteiger partial charge in [0.2, 0.25) is 0 Å². The molecule has 2 aromatic carbocycles. The normalized spacial score (nSPS) is 18.6. The molecular formula is C28H32F3N2O4. The Kier molecular flexibility index (Phi) is 8.54. The predicted octanol–water partition coefficient (Wildman–Crippen LogP) is 6.46. The summed E-state index contributed by atoms with van der Waals surface area (Å²) in [5.74, 6) is 0.204. The van der Waals surface area contributed by atoms with Gasteiger partial charge in [0.15, 0.2) is 11.4 Å². The van der Waals surface area contributed by atoms with Crippen LogP contribution in [0.4, 0.5) is 13.2 Å². The van der Waals surface area contributed by atoms with Gasteiger partial charge in [-0.2, -0.15) is 13.2 Å². The van der Waals surface area contributed by atoms with Gasteiger partial charge >= 0.3 is 11.9 Å². The van der Waals surface area contributed by atoms with Crippen molar-refractivity contribution in [2.24, 2.45) is 5.92 Å². The Hall–Kier alpha value is -2.91. The molecular weight excluding hydrogens is 485 g/mol. The van der Waals surface area contributed by atoms with E-state index in [1.54, 1.807) is 0 Å². The van der Waals surface area contributed by atoms with Crippen molar-refractivity contribution in [2.45, 2.75) is 70.1 Å². The van der Waals surface area contributed by atoms with Gasteiger partial charge in [-0.1, -0.05) is 79.4 Å². The zero-order chi connectivity index (χ0) is 26.5. The SMILES string of the molecule is CC(O)(CO[C]1CCCC(CCCCc2ccc(-c3ccccc3-c3noc(=O)[nH]3)cc2)C1)C(F)(F)F. The van der Waals surface area contributed by atoms with Crippen LogP contribution in [0.2, 0.25) is 0 Å². The first kappa shape index (κ1) is 27.1. The standard InChI is InChI=1S/C28H32F3N2O4/c1-27(35,28(29,30)31)18-36-22-10-6-9-20(17-22)8-3-2-7-19-13-15-21(16-14-19)23-11-4-5-12-24(23)25-32-26(34)37-33-25/h4-5,11-16,20,35H,2-3,6-10,17-18H2,1H3,(H,32,33,34). The van der Waals surface area contributed by atoms with Crippen molar-refractivity contribution in [1.82, 2.24) is 10.1 Å². The van der Waals surface area contributed by atoms with E-state index < -0.39 is 24.1 Å². The van der Waals surface area contributed by atoms with Crippen LogP contribution in [-0.2, 0) is 11.2 Å². The number of aryl methyl sites for hydroxylation is 1. The van der Waals surface area contributed by atoms with E-state index in [1.807, 2.05) is 24.3 Å². The molecule has 1 saturated carbocycles. The molecule has 1 aromatic heterocycles. The van der Waals surface area contributed by atoms with E-state index in [9.17, 15) is 23.1 Å². The number of aliphatic hydroxyl groups is 1. The second kappa shape index (κ2) is 11.6. The number of nitrogens with zero attached hydrogens (tertiary/aromatic N) is 1. The van der Waals surface area contributed by atoms with Gasteiger partial charge in [-0.25, -0.2) is 4.79 Å². The third kappa shape index (κ3) is 7.11. The molecule has 2 unspecified atom stereocenters. The summed E-state index contributed by atoms with van der Waals surface area (Å²) in [7, 11) is 0. The van der Waals surface area contributed by atoms with Gasteiger partial charge in [-0.05, 0) is 55.2 Å². The molecule has 0 spiro atoms. The molecule has 0 saturated heterocycles. The Morgan fingerprint density at radius 2 is 1.84 bits per heavy atom.